The first-order chi connectivity index (χ1) is 12.9. The third kappa shape index (κ3) is 4.56. The first kappa shape index (κ1) is 20.2. The lowest BCUT2D eigenvalue weighted by Gasteiger charge is -2.13. The van der Waals surface area contributed by atoms with Crippen LogP contribution in [-0.2, 0) is 4.74 Å². The van der Waals surface area contributed by atoms with Crippen LogP contribution < -0.4 is 19.5 Å². The zero-order valence-electron chi connectivity index (χ0n) is 15.5. The van der Waals surface area contributed by atoms with Crippen molar-refractivity contribution in [3.63, 3.8) is 0 Å². The molecule has 1 aromatic carbocycles. The highest BCUT2D eigenvalue weighted by atomic mass is 32.1. The van der Waals surface area contributed by atoms with Crippen LogP contribution in [0.4, 0.5) is 5.13 Å². The molecule has 27 heavy (non-hydrogen) atoms. The number of hydrogen-bond acceptors (Lipinski definition) is 8. The molecule has 1 heterocycles. The fourth-order valence-corrected chi connectivity index (χ4v) is 3.08. The van der Waals surface area contributed by atoms with E-state index < -0.39 is 11.9 Å². The molecule has 1 aromatic heterocycles. The Kier molecular flexibility index (Phi) is 6.78. The molecule has 2 aromatic rings. The SMILES string of the molecule is C=CCOC(=O)c1sc(NC(=O)c2cc(OC)c(OC)c(OC)c2)nc1C. The molecule has 0 fully saturated rings. The Morgan fingerprint density at radius 2 is 1.81 bits per heavy atom. The van der Waals surface area contributed by atoms with Crippen LogP contribution in [0.25, 0.3) is 0 Å². The molecule has 1 N–H and O–H groups in total. The minimum Gasteiger partial charge on any atom is -0.493 e. The lowest BCUT2D eigenvalue weighted by atomic mass is 10.1. The molecule has 0 atom stereocenters. The smallest absolute Gasteiger partial charge is 0.350 e. The number of benzene rings is 1. The molecule has 0 bridgehead atoms. The fourth-order valence-electron chi connectivity index (χ4n) is 2.22. The number of thiazole rings is 1. The van der Waals surface area contributed by atoms with Gasteiger partial charge in [-0.25, -0.2) is 9.78 Å². The standard InChI is InChI=1S/C18H20N2O6S/c1-6-7-26-17(22)15-10(2)19-18(27-15)20-16(21)11-8-12(23-3)14(25-5)13(9-11)24-4/h6,8-9H,1,7H2,2-5H3,(H,19,20,21). The molecule has 0 aliphatic heterocycles. The van der Waals surface area contributed by atoms with E-state index in [2.05, 4.69) is 16.9 Å². The molecule has 0 unspecified atom stereocenters. The van der Waals surface area contributed by atoms with Crippen molar-refractivity contribution >= 4 is 28.3 Å². The maximum atomic E-state index is 12.6. The molecule has 0 radical (unpaired) electrons. The van der Waals surface area contributed by atoms with Crippen LogP contribution >= 0.6 is 11.3 Å². The number of carbonyl (C=O) groups is 2. The highest BCUT2D eigenvalue weighted by Crippen LogP contribution is 2.38. The van der Waals surface area contributed by atoms with E-state index in [0.717, 1.165) is 11.3 Å². The summed E-state index contributed by atoms with van der Waals surface area (Å²) < 4.78 is 20.7. The van der Waals surface area contributed by atoms with Crippen molar-refractivity contribution in [2.24, 2.45) is 0 Å². The number of nitrogens with one attached hydrogen (secondary N) is 1. The minimum absolute atomic E-state index is 0.100. The Labute approximate surface area is 160 Å². The number of anilines is 1. The summed E-state index contributed by atoms with van der Waals surface area (Å²) in [6.07, 6.45) is 1.47. The van der Waals surface area contributed by atoms with Gasteiger partial charge in [-0.05, 0) is 19.1 Å². The van der Waals surface area contributed by atoms with Crippen molar-refractivity contribution in [1.29, 1.82) is 0 Å². The van der Waals surface area contributed by atoms with E-state index in [0.29, 0.717) is 27.8 Å². The molecule has 1 amide bonds. The molecule has 0 saturated heterocycles. The minimum atomic E-state index is -0.516. The predicted octanol–water partition coefficient (Wildman–Crippen LogP) is 3.07. The van der Waals surface area contributed by atoms with E-state index >= 15 is 0 Å². The van der Waals surface area contributed by atoms with E-state index in [9.17, 15) is 9.59 Å². The van der Waals surface area contributed by atoms with Gasteiger partial charge in [0.05, 0.1) is 27.0 Å². The average Bonchev–Trinajstić information content (AvgIpc) is 3.04. The summed E-state index contributed by atoms with van der Waals surface area (Å²) in [5.41, 5.74) is 0.752. The summed E-state index contributed by atoms with van der Waals surface area (Å²) in [6.45, 7) is 5.25. The Morgan fingerprint density at radius 1 is 1.19 bits per heavy atom. The average molecular weight is 392 g/mol. The zero-order valence-corrected chi connectivity index (χ0v) is 16.3. The number of aromatic nitrogens is 1. The second-order valence-electron chi connectivity index (χ2n) is 5.19. The molecule has 8 nitrogen and oxygen atoms in total. The number of methoxy groups -OCH3 is 3. The van der Waals surface area contributed by atoms with Gasteiger partial charge in [0.25, 0.3) is 5.91 Å². The van der Waals surface area contributed by atoms with Crippen LogP contribution in [0.2, 0.25) is 0 Å². The summed E-state index contributed by atoms with van der Waals surface area (Å²) in [4.78, 5) is 29.1. The van der Waals surface area contributed by atoms with Gasteiger partial charge in [-0.3, -0.25) is 10.1 Å². The Bertz CT molecular complexity index is 837. The molecule has 0 saturated carbocycles. The van der Waals surface area contributed by atoms with Crippen molar-refractivity contribution in [2.45, 2.75) is 6.92 Å². The van der Waals surface area contributed by atoms with Crippen molar-refractivity contribution in [3.8, 4) is 17.2 Å². The number of amides is 1. The first-order valence-corrected chi connectivity index (χ1v) is 8.63. The quantitative estimate of drug-likeness (QED) is 0.545. The third-order valence-corrected chi connectivity index (χ3v) is 4.51. The van der Waals surface area contributed by atoms with Gasteiger partial charge in [-0.2, -0.15) is 0 Å². The molecule has 0 aliphatic carbocycles. The largest absolute Gasteiger partial charge is 0.493 e. The summed E-state index contributed by atoms with van der Waals surface area (Å²) in [5.74, 6) is 0.137. The molecule has 144 valence electrons. The second-order valence-corrected chi connectivity index (χ2v) is 6.19. The fraction of sp³-hybridized carbons (Fsp3) is 0.278. The maximum absolute atomic E-state index is 12.6. The van der Waals surface area contributed by atoms with Crippen molar-refractivity contribution in [3.05, 3.63) is 40.9 Å². The van der Waals surface area contributed by atoms with Gasteiger partial charge in [0, 0.05) is 5.56 Å². The summed E-state index contributed by atoms with van der Waals surface area (Å²) in [5, 5.41) is 2.93. The van der Waals surface area contributed by atoms with Crippen LogP contribution in [-0.4, -0.2) is 44.8 Å². The normalized spacial score (nSPS) is 10.1. The Hall–Kier alpha value is -3.07. The Morgan fingerprint density at radius 3 is 2.33 bits per heavy atom. The number of esters is 1. The summed E-state index contributed by atoms with van der Waals surface area (Å²) >= 11 is 1.03. The van der Waals surface area contributed by atoms with E-state index in [-0.39, 0.29) is 17.3 Å². The molecular formula is C18H20N2O6S. The first-order valence-electron chi connectivity index (χ1n) is 7.81. The predicted molar refractivity (Wildman–Crippen MR) is 101 cm³/mol. The number of aryl methyl sites for hydroxylation is 1. The number of ether oxygens (including phenoxy) is 4. The number of carbonyl (C=O) groups excluding carboxylic acids is 2. The van der Waals surface area contributed by atoms with Crippen molar-refractivity contribution < 1.29 is 28.5 Å². The van der Waals surface area contributed by atoms with Gasteiger partial charge >= 0.3 is 5.97 Å². The van der Waals surface area contributed by atoms with Crippen LogP contribution in [0.15, 0.2) is 24.8 Å². The lowest BCUT2D eigenvalue weighted by Crippen LogP contribution is -2.12. The number of nitrogens with zero attached hydrogens (tertiary/aromatic N) is 1. The van der Waals surface area contributed by atoms with E-state index in [1.54, 1.807) is 6.92 Å². The van der Waals surface area contributed by atoms with Crippen molar-refractivity contribution in [2.75, 3.05) is 33.3 Å². The lowest BCUT2D eigenvalue weighted by molar-refractivity contribution is 0.0554. The maximum Gasteiger partial charge on any atom is 0.350 e. The van der Waals surface area contributed by atoms with Gasteiger partial charge in [0.1, 0.15) is 11.5 Å². The molecule has 9 heteroatoms. The number of rotatable bonds is 8. The van der Waals surface area contributed by atoms with Crippen LogP contribution in [0.1, 0.15) is 25.7 Å². The topological polar surface area (TPSA) is 96.0 Å². The van der Waals surface area contributed by atoms with Gasteiger partial charge < -0.3 is 18.9 Å². The Balaban J connectivity index is 2.25. The molecule has 2 rings (SSSR count). The highest BCUT2D eigenvalue weighted by molar-refractivity contribution is 7.17. The van der Waals surface area contributed by atoms with Crippen LogP contribution in [0.3, 0.4) is 0 Å². The monoisotopic (exact) mass is 392 g/mol. The number of hydrogen-bond donors (Lipinski definition) is 1. The van der Waals surface area contributed by atoms with Crippen LogP contribution in [0.5, 0.6) is 17.2 Å². The highest BCUT2D eigenvalue weighted by Gasteiger charge is 2.20. The van der Waals surface area contributed by atoms with Crippen molar-refractivity contribution in [1.82, 2.24) is 4.98 Å². The van der Waals surface area contributed by atoms with Gasteiger partial charge in [0.2, 0.25) is 5.75 Å². The van der Waals surface area contributed by atoms with E-state index in [4.69, 9.17) is 18.9 Å². The second kappa shape index (κ2) is 9.04. The molecular weight excluding hydrogens is 372 g/mol. The van der Waals surface area contributed by atoms with Gasteiger partial charge in [-0.1, -0.05) is 24.0 Å². The third-order valence-electron chi connectivity index (χ3n) is 3.46. The van der Waals surface area contributed by atoms with E-state index in [1.165, 1.54) is 39.5 Å². The van der Waals surface area contributed by atoms with Gasteiger partial charge in [0.15, 0.2) is 16.6 Å². The van der Waals surface area contributed by atoms with Crippen LogP contribution in [0, 0.1) is 6.92 Å². The summed E-state index contributed by atoms with van der Waals surface area (Å²) in [7, 11) is 4.40. The molecule has 0 spiro atoms. The molecule has 0 aliphatic rings. The zero-order chi connectivity index (χ0) is 20.0. The summed E-state index contributed by atoms with van der Waals surface area (Å²) in [6, 6.07) is 3.05. The van der Waals surface area contributed by atoms with Gasteiger partial charge in [-0.15, -0.1) is 0 Å². The van der Waals surface area contributed by atoms with E-state index in [1.807, 2.05) is 0 Å².